The zero-order chi connectivity index (χ0) is 14.1. The average molecular weight is 277 g/mol. The largest absolute Gasteiger partial charge is 0.364 e. The summed E-state index contributed by atoms with van der Waals surface area (Å²) in [5, 5.41) is 5.96. The second-order valence-corrected chi connectivity index (χ2v) is 5.23. The topological polar surface area (TPSA) is 92.5 Å². The van der Waals surface area contributed by atoms with Crippen molar-refractivity contribution in [3.63, 3.8) is 0 Å². The Kier molecular flexibility index (Phi) is 3.25. The Balaban J connectivity index is 1.80. The molecule has 106 valence electrons. The van der Waals surface area contributed by atoms with Gasteiger partial charge in [0.1, 0.15) is 17.9 Å². The number of nitrogens with one attached hydrogen (secondary N) is 1. The molecule has 4 amide bonds. The van der Waals surface area contributed by atoms with Crippen molar-refractivity contribution in [2.45, 2.75) is 32.2 Å². The van der Waals surface area contributed by atoms with Crippen LogP contribution in [-0.2, 0) is 16.1 Å². The molecule has 7 nitrogen and oxygen atoms in total. The van der Waals surface area contributed by atoms with Crippen LogP contribution in [0, 0.1) is 11.8 Å². The number of hydrogen-bond donors (Lipinski definition) is 1. The van der Waals surface area contributed by atoms with Gasteiger partial charge in [0.05, 0.1) is 6.54 Å². The van der Waals surface area contributed by atoms with Gasteiger partial charge in [-0.1, -0.05) is 18.0 Å². The number of carbonyl (C=O) groups excluding carboxylic acids is 3. The number of nitrogens with zero attached hydrogens (tertiary/aromatic N) is 2. The number of aromatic nitrogens is 1. The van der Waals surface area contributed by atoms with Crippen LogP contribution in [0.2, 0.25) is 0 Å². The number of carbonyl (C=O) groups is 3. The van der Waals surface area contributed by atoms with Crippen molar-refractivity contribution in [3.05, 3.63) is 18.0 Å². The summed E-state index contributed by atoms with van der Waals surface area (Å²) in [4.78, 5) is 37.2. The van der Waals surface area contributed by atoms with Gasteiger partial charge >= 0.3 is 6.03 Å². The maximum Gasteiger partial charge on any atom is 0.331 e. The molecule has 1 unspecified atom stereocenters. The van der Waals surface area contributed by atoms with Gasteiger partial charge in [-0.3, -0.25) is 19.8 Å². The first-order valence-electron chi connectivity index (χ1n) is 6.72. The van der Waals surface area contributed by atoms with Crippen molar-refractivity contribution in [2.24, 2.45) is 11.8 Å². The molecule has 0 radical (unpaired) electrons. The second kappa shape index (κ2) is 5.07. The molecular weight excluding hydrogens is 262 g/mol. The molecule has 0 aromatic carbocycles. The van der Waals surface area contributed by atoms with E-state index in [1.165, 1.54) is 6.26 Å². The first kappa shape index (κ1) is 12.8. The molecule has 20 heavy (non-hydrogen) atoms. The lowest BCUT2D eigenvalue weighted by molar-refractivity contribution is -0.145. The third-order valence-corrected chi connectivity index (χ3v) is 3.97. The van der Waals surface area contributed by atoms with Gasteiger partial charge in [-0.25, -0.2) is 4.79 Å². The Hall–Kier alpha value is -2.18. The van der Waals surface area contributed by atoms with Gasteiger partial charge in [-0.2, -0.15) is 0 Å². The fourth-order valence-electron chi connectivity index (χ4n) is 2.97. The van der Waals surface area contributed by atoms with E-state index in [-0.39, 0.29) is 12.5 Å². The number of imide groups is 2. The SMILES string of the molecule is O=C1NC(=O)N(Cc2ccon2)C(=O)C1C1CCCC1. The van der Waals surface area contributed by atoms with Gasteiger partial charge in [-0.05, 0) is 18.8 Å². The van der Waals surface area contributed by atoms with Gasteiger partial charge in [0.15, 0.2) is 0 Å². The van der Waals surface area contributed by atoms with Gasteiger partial charge in [0, 0.05) is 6.07 Å². The highest BCUT2D eigenvalue weighted by Gasteiger charge is 2.45. The van der Waals surface area contributed by atoms with Crippen LogP contribution in [0.1, 0.15) is 31.4 Å². The van der Waals surface area contributed by atoms with Gasteiger partial charge in [0.2, 0.25) is 11.8 Å². The van der Waals surface area contributed by atoms with E-state index in [0.717, 1.165) is 30.6 Å². The second-order valence-electron chi connectivity index (χ2n) is 5.23. The van der Waals surface area contributed by atoms with Crippen LogP contribution in [0.15, 0.2) is 16.9 Å². The minimum atomic E-state index is -0.748. The number of urea groups is 1. The van der Waals surface area contributed by atoms with Crippen molar-refractivity contribution < 1.29 is 18.9 Å². The summed E-state index contributed by atoms with van der Waals surface area (Å²) >= 11 is 0. The fourth-order valence-corrected chi connectivity index (χ4v) is 2.97. The molecule has 1 aliphatic carbocycles. The van der Waals surface area contributed by atoms with E-state index in [0.29, 0.717) is 5.69 Å². The molecule has 0 bridgehead atoms. The third kappa shape index (κ3) is 2.19. The van der Waals surface area contributed by atoms with Crippen LogP contribution in [0.5, 0.6) is 0 Å². The first-order chi connectivity index (χ1) is 9.66. The molecule has 0 spiro atoms. The predicted octanol–water partition coefficient (Wildman–Crippen LogP) is 1.06. The van der Waals surface area contributed by atoms with Crippen molar-refractivity contribution in [1.82, 2.24) is 15.4 Å². The van der Waals surface area contributed by atoms with Crippen molar-refractivity contribution in [2.75, 3.05) is 0 Å². The Morgan fingerprint density at radius 2 is 2.05 bits per heavy atom. The maximum atomic E-state index is 12.4. The number of hydrogen-bond acceptors (Lipinski definition) is 5. The lowest BCUT2D eigenvalue weighted by atomic mass is 9.87. The van der Waals surface area contributed by atoms with Crippen LogP contribution in [0.3, 0.4) is 0 Å². The zero-order valence-electron chi connectivity index (χ0n) is 10.9. The highest BCUT2D eigenvalue weighted by atomic mass is 16.5. The Labute approximate surface area is 115 Å². The number of amides is 4. The van der Waals surface area contributed by atoms with E-state index >= 15 is 0 Å². The lowest BCUT2D eigenvalue weighted by Gasteiger charge is -2.32. The molecule has 1 aliphatic heterocycles. The summed E-state index contributed by atoms with van der Waals surface area (Å²) < 4.78 is 4.69. The van der Waals surface area contributed by atoms with E-state index in [4.69, 9.17) is 0 Å². The maximum absolute atomic E-state index is 12.4. The van der Waals surface area contributed by atoms with Crippen molar-refractivity contribution in [1.29, 1.82) is 0 Å². The summed E-state index contributed by atoms with van der Waals surface area (Å²) in [7, 11) is 0. The summed E-state index contributed by atoms with van der Waals surface area (Å²) in [6.45, 7) is 0.0255. The fraction of sp³-hybridized carbons (Fsp3) is 0.538. The predicted molar refractivity (Wildman–Crippen MR) is 66.0 cm³/mol. The van der Waals surface area contributed by atoms with E-state index in [2.05, 4.69) is 15.0 Å². The quantitative estimate of drug-likeness (QED) is 0.834. The molecule has 1 saturated carbocycles. The molecule has 1 aromatic heterocycles. The normalized spacial score (nSPS) is 24.3. The Bertz CT molecular complexity index is 534. The summed E-state index contributed by atoms with van der Waals surface area (Å²) in [5.74, 6) is -1.60. The number of barbiturate groups is 1. The first-order valence-corrected chi connectivity index (χ1v) is 6.72. The summed E-state index contributed by atoms with van der Waals surface area (Å²) in [5.41, 5.74) is 0.480. The molecule has 2 fully saturated rings. The molecule has 2 heterocycles. The van der Waals surface area contributed by atoms with E-state index in [9.17, 15) is 14.4 Å². The van der Waals surface area contributed by atoms with Crippen molar-refractivity contribution in [3.8, 4) is 0 Å². The molecule has 1 N–H and O–H groups in total. The Morgan fingerprint density at radius 1 is 1.30 bits per heavy atom. The molecule has 1 aromatic rings. The molecule has 1 atom stereocenters. The van der Waals surface area contributed by atoms with Crippen LogP contribution in [0.4, 0.5) is 4.79 Å². The number of rotatable bonds is 3. The van der Waals surface area contributed by atoms with E-state index in [1.54, 1.807) is 6.07 Å². The van der Waals surface area contributed by atoms with Gasteiger partial charge in [0.25, 0.3) is 0 Å². The third-order valence-electron chi connectivity index (χ3n) is 3.97. The lowest BCUT2D eigenvalue weighted by Crippen LogP contribution is -2.59. The summed E-state index contributed by atoms with van der Waals surface area (Å²) in [6.07, 6.45) is 5.14. The minimum absolute atomic E-state index is 0.0255. The standard InChI is InChI=1S/C13H15N3O4/c17-11-10(8-3-1-2-4-8)12(18)16(13(19)14-11)7-9-5-6-20-15-9/h5-6,8,10H,1-4,7H2,(H,14,17,19). The van der Waals surface area contributed by atoms with Crippen LogP contribution < -0.4 is 5.32 Å². The molecule has 7 heteroatoms. The Morgan fingerprint density at radius 3 is 2.70 bits per heavy atom. The van der Waals surface area contributed by atoms with E-state index in [1.807, 2.05) is 0 Å². The van der Waals surface area contributed by atoms with Gasteiger partial charge < -0.3 is 4.52 Å². The highest BCUT2D eigenvalue weighted by Crippen LogP contribution is 2.34. The van der Waals surface area contributed by atoms with Crippen LogP contribution >= 0.6 is 0 Å². The van der Waals surface area contributed by atoms with Crippen molar-refractivity contribution >= 4 is 17.8 Å². The van der Waals surface area contributed by atoms with Crippen LogP contribution in [-0.4, -0.2) is 27.9 Å². The zero-order valence-corrected chi connectivity index (χ0v) is 10.9. The molecule has 2 aliphatic rings. The average Bonchev–Trinajstić information content (AvgIpc) is 3.07. The van der Waals surface area contributed by atoms with Gasteiger partial charge in [-0.15, -0.1) is 0 Å². The van der Waals surface area contributed by atoms with E-state index < -0.39 is 23.8 Å². The molecular formula is C13H15N3O4. The monoisotopic (exact) mass is 277 g/mol. The molecule has 1 saturated heterocycles. The minimum Gasteiger partial charge on any atom is -0.364 e. The van der Waals surface area contributed by atoms with Crippen LogP contribution in [0.25, 0.3) is 0 Å². The highest BCUT2D eigenvalue weighted by molar-refractivity contribution is 6.16. The molecule has 3 rings (SSSR count). The smallest absolute Gasteiger partial charge is 0.331 e. The summed E-state index contributed by atoms with van der Waals surface area (Å²) in [6, 6.07) is 0.902.